The summed E-state index contributed by atoms with van der Waals surface area (Å²) in [6.45, 7) is 4.49. The normalized spacial score (nSPS) is 12.3. The number of aromatic hydroxyl groups is 1. The summed E-state index contributed by atoms with van der Waals surface area (Å²) < 4.78 is 5.37. The summed E-state index contributed by atoms with van der Waals surface area (Å²) >= 11 is 6.09. The molecule has 0 aromatic heterocycles. The Hall–Kier alpha value is -3.10. The fourth-order valence-corrected chi connectivity index (χ4v) is 4.38. The minimum absolute atomic E-state index is 0.000142. The monoisotopic (exact) mass is 526 g/mol. The molecule has 198 valence electrons. The van der Waals surface area contributed by atoms with Gasteiger partial charge in [0.25, 0.3) is 5.91 Å². The number of hydrogen-bond acceptors (Lipinski definition) is 6. The van der Waals surface area contributed by atoms with Crippen LogP contribution in [0.1, 0.15) is 52.6 Å². The zero-order valence-corrected chi connectivity index (χ0v) is 22.2. The van der Waals surface area contributed by atoms with Crippen molar-refractivity contribution in [2.45, 2.75) is 44.9 Å². The molecule has 0 heterocycles. The molecule has 0 unspecified atom stereocenters. The number of hydrogen-bond donors (Lipinski definition) is 5. The van der Waals surface area contributed by atoms with Crippen molar-refractivity contribution in [3.05, 3.63) is 93.5 Å². The highest BCUT2D eigenvalue weighted by molar-refractivity contribution is 6.30. The van der Waals surface area contributed by atoms with Gasteiger partial charge in [-0.05, 0) is 85.8 Å². The molecule has 0 bridgehead atoms. The lowest BCUT2D eigenvalue weighted by Crippen LogP contribution is -2.43. The number of carbonyl (C=O) groups excluding carboxylic acids is 1. The van der Waals surface area contributed by atoms with Gasteiger partial charge in [0, 0.05) is 34.8 Å². The van der Waals surface area contributed by atoms with Gasteiger partial charge in [-0.1, -0.05) is 29.8 Å². The van der Waals surface area contributed by atoms with Crippen LogP contribution in [0.15, 0.2) is 60.7 Å². The number of rotatable bonds is 12. The molecule has 0 saturated heterocycles. The maximum Gasteiger partial charge on any atom is 0.251 e. The highest BCUT2D eigenvalue weighted by atomic mass is 35.5. The number of phenols is 1. The molecule has 1 atom stereocenters. The molecule has 0 fully saturated rings. The van der Waals surface area contributed by atoms with Crippen LogP contribution in [-0.2, 0) is 19.4 Å². The highest BCUT2D eigenvalue weighted by Gasteiger charge is 2.21. The molecule has 0 aliphatic carbocycles. The topological polar surface area (TPSA) is 111 Å². The van der Waals surface area contributed by atoms with E-state index in [1.807, 2.05) is 44.2 Å². The van der Waals surface area contributed by atoms with Crippen molar-refractivity contribution in [3.8, 4) is 11.5 Å². The van der Waals surface area contributed by atoms with Crippen molar-refractivity contribution in [2.24, 2.45) is 0 Å². The molecule has 8 heteroatoms. The van der Waals surface area contributed by atoms with Gasteiger partial charge >= 0.3 is 0 Å². The van der Waals surface area contributed by atoms with Gasteiger partial charge in [0.15, 0.2) is 0 Å². The van der Waals surface area contributed by atoms with Crippen molar-refractivity contribution in [1.29, 1.82) is 0 Å². The Morgan fingerprint density at radius 2 is 1.86 bits per heavy atom. The third kappa shape index (κ3) is 8.20. The lowest BCUT2D eigenvalue weighted by molar-refractivity contribution is 0.0954. The summed E-state index contributed by atoms with van der Waals surface area (Å²) in [6.07, 6.45) is 0.424. The number of aliphatic hydroxyl groups excluding tert-OH is 2. The molecule has 7 nitrogen and oxygen atoms in total. The van der Waals surface area contributed by atoms with E-state index < -0.39 is 6.10 Å². The first-order valence-electron chi connectivity index (χ1n) is 12.2. The van der Waals surface area contributed by atoms with Crippen molar-refractivity contribution < 1.29 is 24.9 Å². The zero-order chi connectivity index (χ0) is 27.0. The summed E-state index contributed by atoms with van der Waals surface area (Å²) in [5.41, 5.74) is 3.11. The quantitative estimate of drug-likeness (QED) is 0.242. The third-order valence-corrected chi connectivity index (χ3v) is 6.43. The molecule has 3 rings (SSSR count). The molecule has 0 aliphatic heterocycles. The largest absolute Gasteiger partial charge is 0.508 e. The average Bonchev–Trinajstić information content (AvgIpc) is 2.87. The van der Waals surface area contributed by atoms with E-state index >= 15 is 0 Å². The summed E-state index contributed by atoms with van der Waals surface area (Å²) in [4.78, 5) is 12.8. The summed E-state index contributed by atoms with van der Waals surface area (Å²) in [6, 6.07) is 17.6. The Labute approximate surface area is 223 Å². The zero-order valence-electron chi connectivity index (χ0n) is 21.4. The first-order valence-corrected chi connectivity index (χ1v) is 12.5. The lowest BCUT2D eigenvalue weighted by atomic mass is 9.93. The number of nitrogens with one attached hydrogen (secondary N) is 2. The Morgan fingerprint density at radius 1 is 1.08 bits per heavy atom. The molecule has 0 aliphatic rings. The first-order chi connectivity index (χ1) is 17.6. The van der Waals surface area contributed by atoms with E-state index in [1.54, 1.807) is 31.4 Å². The van der Waals surface area contributed by atoms with Crippen LogP contribution in [0.3, 0.4) is 0 Å². The highest BCUT2D eigenvalue weighted by Crippen LogP contribution is 2.24. The number of methoxy groups -OCH3 is 1. The SMILES string of the molecule is COc1ccc(Cl)cc1CCNC(=O)c1cccc(CC(C)(C)NC[C@@H](O)c2ccc(O)c(CO)c2)c1. The van der Waals surface area contributed by atoms with Crippen LogP contribution >= 0.6 is 11.6 Å². The fraction of sp³-hybridized carbons (Fsp3) is 0.345. The van der Waals surface area contributed by atoms with E-state index in [2.05, 4.69) is 10.6 Å². The molecule has 0 radical (unpaired) electrons. The Kier molecular flexibility index (Phi) is 9.94. The molecule has 37 heavy (non-hydrogen) atoms. The third-order valence-electron chi connectivity index (χ3n) is 6.19. The molecular weight excluding hydrogens is 492 g/mol. The second-order valence-corrected chi connectivity index (χ2v) is 10.1. The van der Waals surface area contributed by atoms with Gasteiger partial charge in [-0.3, -0.25) is 4.79 Å². The van der Waals surface area contributed by atoms with E-state index in [1.165, 1.54) is 6.07 Å². The molecule has 0 spiro atoms. The summed E-state index contributed by atoms with van der Waals surface area (Å²) in [7, 11) is 1.61. The van der Waals surface area contributed by atoms with Gasteiger partial charge < -0.3 is 30.7 Å². The number of ether oxygens (including phenoxy) is 1. The van der Waals surface area contributed by atoms with Gasteiger partial charge in [0.2, 0.25) is 0 Å². The summed E-state index contributed by atoms with van der Waals surface area (Å²) in [5.74, 6) is 0.579. The van der Waals surface area contributed by atoms with E-state index in [0.29, 0.717) is 41.1 Å². The van der Waals surface area contributed by atoms with Gasteiger partial charge in [-0.2, -0.15) is 0 Å². The smallest absolute Gasteiger partial charge is 0.251 e. The lowest BCUT2D eigenvalue weighted by Gasteiger charge is -2.28. The molecule has 5 N–H and O–H groups in total. The Morgan fingerprint density at radius 3 is 2.59 bits per heavy atom. The van der Waals surface area contributed by atoms with E-state index in [0.717, 1.165) is 16.9 Å². The van der Waals surface area contributed by atoms with E-state index in [4.69, 9.17) is 16.3 Å². The van der Waals surface area contributed by atoms with Crippen LogP contribution in [-0.4, -0.2) is 47.0 Å². The fourth-order valence-electron chi connectivity index (χ4n) is 4.18. The Balaban J connectivity index is 1.55. The number of amides is 1. The average molecular weight is 527 g/mol. The van der Waals surface area contributed by atoms with Crippen LogP contribution in [0.2, 0.25) is 5.02 Å². The van der Waals surface area contributed by atoms with Crippen molar-refractivity contribution in [1.82, 2.24) is 10.6 Å². The van der Waals surface area contributed by atoms with Crippen molar-refractivity contribution in [2.75, 3.05) is 20.2 Å². The molecule has 1 amide bonds. The minimum atomic E-state index is -0.805. The van der Waals surface area contributed by atoms with Gasteiger partial charge in [0.1, 0.15) is 11.5 Å². The predicted molar refractivity (Wildman–Crippen MR) is 145 cm³/mol. The van der Waals surface area contributed by atoms with Crippen molar-refractivity contribution >= 4 is 17.5 Å². The maximum atomic E-state index is 12.8. The second kappa shape index (κ2) is 12.9. The molecule has 3 aromatic carbocycles. The van der Waals surface area contributed by atoms with E-state index in [9.17, 15) is 20.1 Å². The standard InChI is InChI=1S/C29H35ClN2O5/c1-29(2,32-17-26(35)20-7-9-25(34)23(14-20)18-33)16-19-5-4-6-22(13-19)28(36)31-12-11-21-15-24(30)8-10-27(21)37-3/h4-10,13-15,26,32-35H,11-12,16-18H2,1-3H3,(H,31,36)/t26-/m1/s1. The van der Waals surface area contributed by atoms with Crippen LogP contribution in [0.4, 0.5) is 0 Å². The van der Waals surface area contributed by atoms with Crippen LogP contribution < -0.4 is 15.4 Å². The second-order valence-electron chi connectivity index (χ2n) is 9.67. The molecule has 3 aromatic rings. The van der Waals surface area contributed by atoms with Crippen LogP contribution in [0.25, 0.3) is 0 Å². The number of aliphatic hydroxyl groups is 2. The molecular formula is C29H35ClN2O5. The first kappa shape index (κ1) is 28.5. The molecule has 0 saturated carbocycles. The number of β-amino-alcohol motifs (C(OH)–C–C–N with tert-alkyl or cyclic N) is 1. The number of benzene rings is 3. The van der Waals surface area contributed by atoms with Crippen LogP contribution in [0, 0.1) is 0 Å². The van der Waals surface area contributed by atoms with Crippen LogP contribution in [0.5, 0.6) is 11.5 Å². The Bertz CT molecular complexity index is 1210. The predicted octanol–water partition coefficient (Wildman–Crippen LogP) is 4.16. The minimum Gasteiger partial charge on any atom is -0.508 e. The van der Waals surface area contributed by atoms with Crippen molar-refractivity contribution in [3.63, 3.8) is 0 Å². The van der Waals surface area contributed by atoms with Gasteiger partial charge in [-0.25, -0.2) is 0 Å². The maximum absolute atomic E-state index is 12.8. The van der Waals surface area contributed by atoms with E-state index in [-0.39, 0.29) is 30.3 Å². The number of carbonyl (C=O) groups is 1. The number of halogens is 1. The van der Waals surface area contributed by atoms with Gasteiger partial charge in [-0.15, -0.1) is 0 Å². The van der Waals surface area contributed by atoms with Gasteiger partial charge in [0.05, 0.1) is 19.8 Å². The summed E-state index contributed by atoms with van der Waals surface area (Å²) in [5, 5.41) is 36.6.